The predicted molar refractivity (Wildman–Crippen MR) is 78.7 cm³/mol. The summed E-state index contributed by atoms with van der Waals surface area (Å²) in [6.07, 6.45) is 1.05. The highest BCUT2D eigenvalue weighted by Crippen LogP contribution is 2.35. The summed E-state index contributed by atoms with van der Waals surface area (Å²) in [4.78, 5) is 24.3. The fourth-order valence-corrected chi connectivity index (χ4v) is 3.18. The molecule has 0 radical (unpaired) electrons. The van der Waals surface area contributed by atoms with Gasteiger partial charge in [0.25, 0.3) is 0 Å². The van der Waals surface area contributed by atoms with E-state index in [1.165, 1.54) is 18.2 Å². The van der Waals surface area contributed by atoms with Crippen LogP contribution in [0.25, 0.3) is 11.1 Å². The Kier molecular flexibility index (Phi) is 3.00. The second-order valence-electron chi connectivity index (χ2n) is 4.83. The van der Waals surface area contributed by atoms with Crippen molar-refractivity contribution in [2.75, 3.05) is 6.26 Å². The molecule has 0 aromatic heterocycles. The van der Waals surface area contributed by atoms with Gasteiger partial charge in [-0.15, -0.1) is 0 Å². The first-order chi connectivity index (χ1) is 9.79. The first-order valence-electron chi connectivity index (χ1n) is 6.02. The van der Waals surface area contributed by atoms with Crippen molar-refractivity contribution in [1.82, 2.24) is 0 Å². The Morgan fingerprint density at radius 2 is 1.33 bits per heavy atom. The van der Waals surface area contributed by atoms with Crippen LogP contribution < -0.4 is 0 Å². The van der Waals surface area contributed by atoms with Crippen molar-refractivity contribution < 1.29 is 18.0 Å². The number of rotatable bonds is 1. The highest BCUT2D eigenvalue weighted by atomic mass is 35.5. The molecule has 0 spiro atoms. The van der Waals surface area contributed by atoms with Gasteiger partial charge in [0.1, 0.15) is 0 Å². The zero-order chi connectivity index (χ0) is 15.4. The average molecular weight is 321 g/mol. The van der Waals surface area contributed by atoms with Crippen molar-refractivity contribution in [3.05, 3.63) is 52.5 Å². The molecule has 0 fully saturated rings. The number of carbonyl (C=O) groups excluding carboxylic acids is 2. The second-order valence-corrected chi connectivity index (χ2v) is 7.28. The predicted octanol–water partition coefficient (Wildman–Crippen LogP) is 2.79. The van der Waals surface area contributed by atoms with E-state index in [1.807, 2.05) is 0 Å². The summed E-state index contributed by atoms with van der Waals surface area (Å²) in [6, 6.07) is 8.95. The number of hydrogen-bond acceptors (Lipinski definition) is 4. The second kappa shape index (κ2) is 4.51. The molecule has 2 aromatic rings. The first-order valence-corrected chi connectivity index (χ1v) is 8.29. The van der Waals surface area contributed by atoms with Crippen molar-refractivity contribution in [3.63, 3.8) is 0 Å². The van der Waals surface area contributed by atoms with Gasteiger partial charge in [-0.05, 0) is 35.4 Å². The van der Waals surface area contributed by atoms with Gasteiger partial charge in [-0.1, -0.05) is 23.7 Å². The van der Waals surface area contributed by atoms with Crippen molar-refractivity contribution in [2.45, 2.75) is 4.90 Å². The SMILES string of the molecule is CS(=O)(=O)c1ccc2c(c1)C(=O)C(=O)c1cc(Cl)ccc1-2. The van der Waals surface area contributed by atoms with Crippen LogP contribution in [0.2, 0.25) is 5.02 Å². The van der Waals surface area contributed by atoms with Crippen LogP contribution in [0.1, 0.15) is 20.7 Å². The number of ketones is 2. The van der Waals surface area contributed by atoms with Crippen LogP contribution in [-0.2, 0) is 9.84 Å². The molecule has 106 valence electrons. The Morgan fingerprint density at radius 3 is 1.90 bits per heavy atom. The molecule has 6 heteroatoms. The molecule has 0 saturated carbocycles. The third kappa shape index (κ3) is 2.18. The standard InChI is InChI=1S/C15H9ClO4S/c1-21(19,20)9-3-5-11-10-4-2-8(16)6-12(10)14(17)15(18)13(11)7-9/h2-7H,1H3. The summed E-state index contributed by atoms with van der Waals surface area (Å²) in [5.41, 5.74) is 1.47. The van der Waals surface area contributed by atoms with Gasteiger partial charge in [-0.25, -0.2) is 8.42 Å². The monoisotopic (exact) mass is 320 g/mol. The Hall–Kier alpha value is -1.98. The van der Waals surface area contributed by atoms with Crippen LogP contribution >= 0.6 is 11.6 Å². The summed E-state index contributed by atoms with van der Waals surface area (Å²) in [7, 11) is -3.45. The van der Waals surface area contributed by atoms with Crippen molar-refractivity contribution in [1.29, 1.82) is 0 Å². The van der Waals surface area contributed by atoms with Crippen LogP contribution in [0.15, 0.2) is 41.3 Å². The lowest BCUT2D eigenvalue weighted by atomic mass is 9.84. The summed E-state index contributed by atoms with van der Waals surface area (Å²) in [5, 5.41) is 0.367. The van der Waals surface area contributed by atoms with E-state index in [2.05, 4.69) is 0 Å². The van der Waals surface area contributed by atoms with E-state index in [4.69, 9.17) is 11.6 Å². The maximum absolute atomic E-state index is 12.2. The Balaban J connectivity index is 2.34. The highest BCUT2D eigenvalue weighted by molar-refractivity contribution is 7.90. The van der Waals surface area contributed by atoms with Crippen LogP contribution in [0.5, 0.6) is 0 Å². The van der Waals surface area contributed by atoms with Gasteiger partial charge in [0.15, 0.2) is 9.84 Å². The lowest BCUT2D eigenvalue weighted by Crippen LogP contribution is -2.21. The number of hydrogen-bond donors (Lipinski definition) is 0. The van der Waals surface area contributed by atoms with Gasteiger partial charge in [0, 0.05) is 22.4 Å². The molecular weight excluding hydrogens is 312 g/mol. The molecule has 0 unspecified atom stereocenters. The highest BCUT2D eigenvalue weighted by Gasteiger charge is 2.31. The Bertz CT molecular complexity index is 913. The Morgan fingerprint density at radius 1 is 0.810 bits per heavy atom. The smallest absolute Gasteiger partial charge is 0.234 e. The van der Waals surface area contributed by atoms with E-state index >= 15 is 0 Å². The third-order valence-corrected chi connectivity index (χ3v) is 4.73. The number of sulfone groups is 1. The van der Waals surface area contributed by atoms with Gasteiger partial charge in [-0.2, -0.15) is 0 Å². The third-order valence-electron chi connectivity index (χ3n) is 3.39. The molecule has 1 aliphatic rings. The lowest BCUT2D eigenvalue weighted by molar-refractivity contribution is 0.0815. The normalized spacial score (nSPS) is 13.8. The van der Waals surface area contributed by atoms with Gasteiger partial charge in [-0.3, -0.25) is 9.59 Å². The molecule has 0 atom stereocenters. The van der Waals surface area contributed by atoms with Crippen molar-refractivity contribution >= 4 is 33.0 Å². The molecule has 21 heavy (non-hydrogen) atoms. The van der Waals surface area contributed by atoms with Crippen LogP contribution in [-0.4, -0.2) is 26.2 Å². The lowest BCUT2D eigenvalue weighted by Gasteiger charge is -2.18. The maximum atomic E-state index is 12.2. The number of fused-ring (bicyclic) bond motifs is 3. The van der Waals surface area contributed by atoms with E-state index in [1.54, 1.807) is 18.2 Å². The molecule has 0 amide bonds. The minimum atomic E-state index is -3.45. The summed E-state index contributed by atoms with van der Waals surface area (Å²) >= 11 is 5.86. The minimum Gasteiger partial charge on any atom is -0.285 e. The number of carbonyl (C=O) groups is 2. The summed E-state index contributed by atoms with van der Waals surface area (Å²) in [6.45, 7) is 0. The number of Topliss-reactive ketones (excluding diaryl/α,β-unsaturated/α-hetero) is 2. The molecule has 2 aromatic carbocycles. The average Bonchev–Trinajstić information content (AvgIpc) is 2.43. The zero-order valence-electron chi connectivity index (χ0n) is 10.9. The van der Waals surface area contributed by atoms with Crippen LogP contribution in [0, 0.1) is 0 Å². The van der Waals surface area contributed by atoms with Gasteiger partial charge >= 0.3 is 0 Å². The molecule has 0 heterocycles. The zero-order valence-corrected chi connectivity index (χ0v) is 12.5. The van der Waals surface area contributed by atoms with E-state index in [0.717, 1.165) is 6.26 Å². The molecule has 3 rings (SSSR count). The minimum absolute atomic E-state index is 0.0137. The molecule has 0 bridgehead atoms. The topological polar surface area (TPSA) is 68.3 Å². The van der Waals surface area contributed by atoms with Crippen LogP contribution in [0.4, 0.5) is 0 Å². The first kappa shape index (κ1) is 14.0. The molecular formula is C15H9ClO4S. The van der Waals surface area contributed by atoms with Crippen LogP contribution in [0.3, 0.4) is 0 Å². The molecule has 1 aliphatic carbocycles. The van der Waals surface area contributed by atoms with Gasteiger partial charge in [0.05, 0.1) is 4.90 Å². The summed E-state index contributed by atoms with van der Waals surface area (Å²) < 4.78 is 23.2. The quantitative estimate of drug-likeness (QED) is 0.758. The molecule has 0 aliphatic heterocycles. The molecule has 0 saturated heterocycles. The van der Waals surface area contributed by atoms with Crippen molar-refractivity contribution in [3.8, 4) is 11.1 Å². The maximum Gasteiger partial charge on any atom is 0.234 e. The van der Waals surface area contributed by atoms with E-state index in [9.17, 15) is 18.0 Å². The Labute approximate surface area is 126 Å². The van der Waals surface area contributed by atoms with E-state index in [-0.39, 0.29) is 16.0 Å². The largest absolute Gasteiger partial charge is 0.285 e. The number of halogens is 1. The van der Waals surface area contributed by atoms with E-state index < -0.39 is 21.4 Å². The van der Waals surface area contributed by atoms with E-state index in [0.29, 0.717) is 16.1 Å². The number of benzene rings is 2. The fraction of sp³-hybridized carbons (Fsp3) is 0.0667. The fourth-order valence-electron chi connectivity index (χ4n) is 2.36. The van der Waals surface area contributed by atoms with Crippen molar-refractivity contribution in [2.24, 2.45) is 0 Å². The summed E-state index contributed by atoms with van der Waals surface area (Å²) in [5.74, 6) is -1.39. The van der Waals surface area contributed by atoms with Gasteiger partial charge < -0.3 is 0 Å². The molecule has 0 N–H and O–H groups in total. The molecule has 4 nitrogen and oxygen atoms in total. The van der Waals surface area contributed by atoms with Gasteiger partial charge in [0.2, 0.25) is 11.6 Å².